The summed E-state index contributed by atoms with van der Waals surface area (Å²) in [6, 6.07) is 17.9. The molecule has 4 rings (SSSR count). The smallest absolute Gasteiger partial charge is 0.287 e. The van der Waals surface area contributed by atoms with Crippen molar-refractivity contribution < 1.29 is 23.7 Å². The molecule has 0 saturated carbocycles. The lowest BCUT2D eigenvalue weighted by Gasteiger charge is -2.21. The molecular formula is C30H26N5O5S-. The lowest BCUT2D eigenvalue weighted by molar-refractivity contribution is -0.304. The zero-order valence-corrected chi connectivity index (χ0v) is 23.3. The Labute approximate surface area is 237 Å². The number of nitrogens with one attached hydrogen (secondary N) is 1. The van der Waals surface area contributed by atoms with Gasteiger partial charge in [0.15, 0.2) is 0 Å². The van der Waals surface area contributed by atoms with Gasteiger partial charge in [-0.25, -0.2) is 4.21 Å². The average molecular weight is 569 g/mol. The fraction of sp³-hybridized carbons (Fsp3) is 0.167. The molecular weight excluding hydrogens is 542 g/mol. The Balaban J connectivity index is 1.60. The van der Waals surface area contributed by atoms with Crippen molar-refractivity contribution in [3.63, 3.8) is 0 Å². The molecule has 0 bridgehead atoms. The van der Waals surface area contributed by atoms with Crippen molar-refractivity contribution in [2.75, 3.05) is 5.32 Å². The van der Waals surface area contributed by atoms with Crippen molar-refractivity contribution in [1.29, 1.82) is 0 Å². The van der Waals surface area contributed by atoms with E-state index in [1.54, 1.807) is 69.4 Å². The van der Waals surface area contributed by atoms with Crippen LogP contribution in [-0.4, -0.2) is 42.0 Å². The van der Waals surface area contributed by atoms with Gasteiger partial charge >= 0.3 is 0 Å². The molecule has 0 spiro atoms. The van der Waals surface area contributed by atoms with Gasteiger partial charge < -0.3 is 15.2 Å². The molecule has 0 saturated heterocycles. The molecule has 208 valence electrons. The van der Waals surface area contributed by atoms with Crippen LogP contribution in [-0.2, 0) is 21.6 Å². The first kappa shape index (κ1) is 28.9. The topological polar surface area (TPSA) is 146 Å². The molecule has 11 heteroatoms. The SMILES string of the molecule is CC[C@@H](C(=O)[O-])S(=O)(=NC(=O)c1cncc(C#Cc2cccc(NC(=O)c3cc(C)nn3C)c2)c1)c1ccccc1. The number of carboxylic acid groups (broad SMARTS) is 1. The van der Waals surface area contributed by atoms with Gasteiger partial charge in [0.05, 0.1) is 32.2 Å². The van der Waals surface area contributed by atoms with Crippen molar-refractivity contribution in [2.45, 2.75) is 30.4 Å². The predicted molar refractivity (Wildman–Crippen MR) is 151 cm³/mol. The number of pyridine rings is 1. The summed E-state index contributed by atoms with van der Waals surface area (Å²) in [7, 11) is -2.01. The predicted octanol–water partition coefficient (Wildman–Crippen LogP) is 2.97. The zero-order valence-electron chi connectivity index (χ0n) is 22.5. The van der Waals surface area contributed by atoms with E-state index < -0.39 is 26.9 Å². The molecule has 0 aliphatic heterocycles. The number of carboxylic acids is 1. The summed E-state index contributed by atoms with van der Waals surface area (Å²) in [6.07, 6.45) is 2.65. The molecule has 2 atom stereocenters. The molecule has 2 heterocycles. The number of aryl methyl sites for hydroxylation is 2. The number of aliphatic carboxylic acids is 1. The Kier molecular flexibility index (Phi) is 8.75. The van der Waals surface area contributed by atoms with E-state index in [2.05, 4.69) is 31.6 Å². The quantitative estimate of drug-likeness (QED) is 0.337. The number of amides is 2. The van der Waals surface area contributed by atoms with E-state index in [-0.39, 0.29) is 22.8 Å². The number of benzene rings is 2. The van der Waals surface area contributed by atoms with E-state index in [1.165, 1.54) is 35.3 Å². The number of nitrogens with zero attached hydrogens (tertiary/aromatic N) is 4. The fourth-order valence-electron chi connectivity index (χ4n) is 4.06. The van der Waals surface area contributed by atoms with Gasteiger partial charge in [-0.05, 0) is 55.8 Å². The Morgan fingerprint density at radius 2 is 1.76 bits per heavy atom. The van der Waals surface area contributed by atoms with Gasteiger partial charge in [0.1, 0.15) is 5.69 Å². The first-order valence-electron chi connectivity index (χ1n) is 12.6. The van der Waals surface area contributed by atoms with Crippen molar-refractivity contribution in [1.82, 2.24) is 14.8 Å². The minimum Gasteiger partial charge on any atom is -0.549 e. The van der Waals surface area contributed by atoms with Crippen molar-refractivity contribution in [2.24, 2.45) is 11.4 Å². The van der Waals surface area contributed by atoms with Crippen molar-refractivity contribution in [3.05, 3.63) is 107 Å². The van der Waals surface area contributed by atoms with Gasteiger partial charge in [0, 0.05) is 41.2 Å². The van der Waals surface area contributed by atoms with E-state index >= 15 is 0 Å². The second kappa shape index (κ2) is 12.4. The number of rotatable bonds is 7. The van der Waals surface area contributed by atoms with Crippen LogP contribution in [0.2, 0.25) is 0 Å². The summed E-state index contributed by atoms with van der Waals surface area (Å²) in [5.74, 6) is 3.14. The number of carbonyl (C=O) groups excluding carboxylic acids is 3. The summed E-state index contributed by atoms with van der Waals surface area (Å²) in [6.45, 7) is 3.34. The standard InChI is InChI=1S/C30H27N5O5S/c1-4-27(30(38)39)41(40,25-11-6-5-7-12-25)34-28(36)23-16-22(18-31-19-23)14-13-21-9-8-10-24(17-21)32-29(37)26-15-20(2)33-35(26)3/h5-12,15-19,27H,4H2,1-3H3,(H,32,37)(H,38,39)/p-1/t27-,41?/m0/s1. The fourth-order valence-corrected chi connectivity index (χ4v) is 6.23. The summed E-state index contributed by atoms with van der Waals surface area (Å²) in [4.78, 5) is 41.7. The first-order chi connectivity index (χ1) is 19.6. The van der Waals surface area contributed by atoms with Gasteiger partial charge in [0.25, 0.3) is 11.8 Å². The molecule has 2 amide bonds. The van der Waals surface area contributed by atoms with Crippen LogP contribution in [0.15, 0.2) is 88.4 Å². The van der Waals surface area contributed by atoms with Crippen LogP contribution in [0.1, 0.15) is 51.0 Å². The summed E-state index contributed by atoms with van der Waals surface area (Å²) in [5, 5.41) is 17.3. The third-order valence-corrected chi connectivity index (χ3v) is 8.69. The van der Waals surface area contributed by atoms with Crippen LogP contribution in [0.3, 0.4) is 0 Å². The van der Waals surface area contributed by atoms with Crippen LogP contribution in [0.4, 0.5) is 5.69 Å². The molecule has 2 aromatic carbocycles. The summed E-state index contributed by atoms with van der Waals surface area (Å²) < 4.78 is 19.3. The summed E-state index contributed by atoms with van der Waals surface area (Å²) in [5.41, 5.74) is 2.65. The van der Waals surface area contributed by atoms with Gasteiger partial charge in [-0.3, -0.25) is 19.3 Å². The molecule has 0 radical (unpaired) electrons. The molecule has 0 aliphatic carbocycles. The zero-order chi connectivity index (χ0) is 29.6. The molecule has 2 aromatic heterocycles. The van der Waals surface area contributed by atoms with Gasteiger partial charge in [0.2, 0.25) is 0 Å². The third-order valence-electron chi connectivity index (χ3n) is 6.01. The Bertz CT molecular complexity index is 1810. The molecule has 4 aromatic rings. The third kappa shape index (κ3) is 6.74. The number of anilines is 1. The van der Waals surface area contributed by atoms with Gasteiger partial charge in [-0.1, -0.05) is 43.0 Å². The van der Waals surface area contributed by atoms with Crippen molar-refractivity contribution >= 4 is 33.2 Å². The van der Waals surface area contributed by atoms with Crippen LogP contribution in [0.5, 0.6) is 0 Å². The molecule has 1 N–H and O–H groups in total. The van der Waals surface area contributed by atoms with E-state index in [9.17, 15) is 23.7 Å². The minimum absolute atomic E-state index is 0.00106. The maximum Gasteiger partial charge on any atom is 0.287 e. The highest BCUT2D eigenvalue weighted by Gasteiger charge is 2.27. The second-order valence-electron chi connectivity index (χ2n) is 9.04. The molecule has 0 fully saturated rings. The number of aromatic nitrogens is 3. The maximum atomic E-state index is 13.9. The van der Waals surface area contributed by atoms with Gasteiger partial charge in [-0.2, -0.15) is 9.46 Å². The average Bonchev–Trinajstić information content (AvgIpc) is 3.30. The Morgan fingerprint density at radius 1 is 1.02 bits per heavy atom. The highest BCUT2D eigenvalue weighted by molar-refractivity contribution is 7.95. The lowest BCUT2D eigenvalue weighted by atomic mass is 10.1. The lowest BCUT2D eigenvalue weighted by Crippen LogP contribution is -2.40. The Morgan fingerprint density at radius 3 is 2.41 bits per heavy atom. The van der Waals surface area contributed by atoms with Crippen LogP contribution < -0.4 is 10.4 Å². The van der Waals surface area contributed by atoms with Crippen LogP contribution in [0.25, 0.3) is 0 Å². The molecule has 41 heavy (non-hydrogen) atoms. The number of hydrogen-bond donors (Lipinski definition) is 1. The van der Waals surface area contributed by atoms with Crippen LogP contribution in [0, 0.1) is 18.8 Å². The second-order valence-corrected chi connectivity index (χ2v) is 11.4. The maximum absolute atomic E-state index is 13.9. The minimum atomic E-state index is -3.70. The normalized spacial score (nSPS) is 12.8. The summed E-state index contributed by atoms with van der Waals surface area (Å²) >= 11 is 0. The molecule has 10 nitrogen and oxygen atoms in total. The van der Waals surface area contributed by atoms with Gasteiger partial charge in [-0.15, -0.1) is 0 Å². The van der Waals surface area contributed by atoms with Crippen LogP contribution >= 0.6 is 0 Å². The number of hydrogen-bond acceptors (Lipinski definition) is 7. The largest absolute Gasteiger partial charge is 0.549 e. The number of carbonyl (C=O) groups is 3. The van der Waals surface area contributed by atoms with E-state index in [4.69, 9.17) is 0 Å². The van der Waals surface area contributed by atoms with E-state index in [0.29, 0.717) is 22.5 Å². The van der Waals surface area contributed by atoms with E-state index in [1.807, 2.05) is 0 Å². The monoisotopic (exact) mass is 568 g/mol. The molecule has 0 aliphatic rings. The molecule has 1 unspecified atom stereocenters. The Hall–Kier alpha value is -5.08. The van der Waals surface area contributed by atoms with Crippen molar-refractivity contribution in [3.8, 4) is 11.8 Å². The highest BCUT2D eigenvalue weighted by atomic mass is 32.2. The highest BCUT2D eigenvalue weighted by Crippen LogP contribution is 2.22. The van der Waals surface area contributed by atoms with E-state index in [0.717, 1.165) is 5.69 Å². The first-order valence-corrected chi connectivity index (χ1v) is 14.1.